The Morgan fingerprint density at radius 2 is 1.90 bits per heavy atom. The van der Waals surface area contributed by atoms with Gasteiger partial charge in [0.1, 0.15) is 5.41 Å². The molecule has 2 fully saturated rings. The Morgan fingerprint density at radius 3 is 2.50 bits per heavy atom. The maximum absolute atomic E-state index is 12.4. The van der Waals surface area contributed by atoms with Gasteiger partial charge >= 0.3 is 0 Å². The summed E-state index contributed by atoms with van der Waals surface area (Å²) >= 11 is 0. The van der Waals surface area contributed by atoms with Gasteiger partial charge in [-0.3, -0.25) is 4.79 Å². The van der Waals surface area contributed by atoms with Gasteiger partial charge in [0.25, 0.3) is 0 Å². The Kier molecular flexibility index (Phi) is 5.26. The molecule has 2 aliphatic carbocycles. The average molecular weight is 281 g/mol. The zero-order valence-corrected chi connectivity index (χ0v) is 12.2. The molecule has 5 nitrogen and oxygen atoms in total. The van der Waals surface area contributed by atoms with E-state index in [1.54, 1.807) is 0 Å². The lowest BCUT2D eigenvalue weighted by Crippen LogP contribution is -2.48. The monoisotopic (exact) mass is 281 g/mol. The maximum atomic E-state index is 12.4. The molecule has 0 heterocycles. The third-order valence-electron chi connectivity index (χ3n) is 5.04. The molecule has 0 spiro atoms. The van der Waals surface area contributed by atoms with Crippen LogP contribution in [0.15, 0.2) is 5.16 Å². The molecule has 0 unspecified atom stereocenters. The highest BCUT2D eigenvalue weighted by molar-refractivity contribution is 6.07. The van der Waals surface area contributed by atoms with Gasteiger partial charge in [0.05, 0.1) is 0 Å². The van der Waals surface area contributed by atoms with Crippen LogP contribution in [0, 0.1) is 11.3 Å². The Labute approximate surface area is 121 Å². The van der Waals surface area contributed by atoms with Gasteiger partial charge in [-0.15, -0.1) is 0 Å². The summed E-state index contributed by atoms with van der Waals surface area (Å²) in [7, 11) is 0. The van der Waals surface area contributed by atoms with E-state index in [4.69, 9.17) is 10.9 Å². The number of nitrogens with zero attached hydrogens (tertiary/aromatic N) is 1. The number of nitrogens with one attached hydrogen (secondary N) is 1. The quantitative estimate of drug-likeness (QED) is 0.230. The SMILES string of the molecule is NC(=NO)C1(C(=O)NCCCC2CCCC2)CCCC1. The maximum Gasteiger partial charge on any atom is 0.233 e. The van der Waals surface area contributed by atoms with Crippen molar-refractivity contribution in [1.29, 1.82) is 0 Å². The largest absolute Gasteiger partial charge is 0.409 e. The van der Waals surface area contributed by atoms with Crippen LogP contribution in [-0.2, 0) is 4.79 Å². The summed E-state index contributed by atoms with van der Waals surface area (Å²) in [5, 5.41) is 15.0. The van der Waals surface area contributed by atoms with E-state index in [0.29, 0.717) is 19.4 Å². The molecule has 0 aromatic carbocycles. The molecule has 0 atom stereocenters. The van der Waals surface area contributed by atoms with Crippen molar-refractivity contribution in [2.75, 3.05) is 6.54 Å². The lowest BCUT2D eigenvalue weighted by atomic mass is 9.83. The molecule has 20 heavy (non-hydrogen) atoms. The van der Waals surface area contributed by atoms with Gasteiger partial charge in [-0.2, -0.15) is 0 Å². The number of oxime groups is 1. The number of hydrogen-bond acceptors (Lipinski definition) is 3. The minimum Gasteiger partial charge on any atom is -0.409 e. The Hall–Kier alpha value is -1.26. The van der Waals surface area contributed by atoms with Crippen molar-refractivity contribution >= 4 is 11.7 Å². The van der Waals surface area contributed by atoms with Crippen LogP contribution >= 0.6 is 0 Å². The number of hydrogen-bond donors (Lipinski definition) is 3. The highest BCUT2D eigenvalue weighted by Gasteiger charge is 2.45. The molecular weight excluding hydrogens is 254 g/mol. The molecule has 0 radical (unpaired) electrons. The third-order valence-corrected chi connectivity index (χ3v) is 5.04. The summed E-state index contributed by atoms with van der Waals surface area (Å²) in [6.07, 6.45) is 11.0. The molecular formula is C15H27N3O2. The van der Waals surface area contributed by atoms with Crippen LogP contribution in [-0.4, -0.2) is 23.5 Å². The van der Waals surface area contributed by atoms with E-state index in [-0.39, 0.29) is 11.7 Å². The van der Waals surface area contributed by atoms with E-state index in [1.165, 1.54) is 32.1 Å². The number of rotatable bonds is 6. The minimum absolute atomic E-state index is 0.0586. The Balaban J connectivity index is 1.77. The van der Waals surface area contributed by atoms with Gasteiger partial charge in [0, 0.05) is 6.54 Å². The second-order valence-electron chi connectivity index (χ2n) is 6.32. The van der Waals surface area contributed by atoms with Gasteiger partial charge in [-0.1, -0.05) is 43.7 Å². The van der Waals surface area contributed by atoms with Crippen LogP contribution in [0.1, 0.15) is 64.2 Å². The highest BCUT2D eigenvalue weighted by Crippen LogP contribution is 2.38. The predicted octanol–water partition coefficient (Wildman–Crippen LogP) is 2.38. The van der Waals surface area contributed by atoms with E-state index in [0.717, 1.165) is 25.2 Å². The van der Waals surface area contributed by atoms with E-state index in [1.807, 2.05) is 0 Å². The highest BCUT2D eigenvalue weighted by atomic mass is 16.4. The molecule has 2 saturated carbocycles. The fourth-order valence-electron chi connectivity index (χ4n) is 3.73. The van der Waals surface area contributed by atoms with E-state index < -0.39 is 5.41 Å². The number of carbonyl (C=O) groups is 1. The Bertz CT molecular complexity index is 356. The van der Waals surface area contributed by atoms with Crippen LogP contribution in [0.25, 0.3) is 0 Å². The Morgan fingerprint density at radius 1 is 1.25 bits per heavy atom. The van der Waals surface area contributed by atoms with Crippen LogP contribution in [0.4, 0.5) is 0 Å². The second-order valence-corrected chi connectivity index (χ2v) is 6.32. The van der Waals surface area contributed by atoms with Gasteiger partial charge in [-0.25, -0.2) is 0 Å². The van der Waals surface area contributed by atoms with E-state index in [2.05, 4.69) is 10.5 Å². The smallest absolute Gasteiger partial charge is 0.233 e. The van der Waals surface area contributed by atoms with Crippen molar-refractivity contribution in [3.63, 3.8) is 0 Å². The fraction of sp³-hybridized carbons (Fsp3) is 0.867. The molecule has 0 aliphatic heterocycles. The van der Waals surface area contributed by atoms with Crippen molar-refractivity contribution in [1.82, 2.24) is 5.32 Å². The first-order chi connectivity index (χ1) is 9.69. The molecule has 4 N–H and O–H groups in total. The van der Waals surface area contributed by atoms with Gasteiger partial charge < -0.3 is 16.3 Å². The molecule has 114 valence electrons. The molecule has 1 amide bonds. The standard InChI is InChI=1S/C15H27N3O2/c16-13(18-20)15(9-3-4-10-15)14(19)17-11-5-8-12-6-1-2-7-12/h12,20H,1-11H2,(H2,16,18)(H,17,19). The number of amidine groups is 1. The topological polar surface area (TPSA) is 87.7 Å². The molecule has 2 aliphatic rings. The van der Waals surface area contributed by atoms with Crippen LogP contribution in [0.5, 0.6) is 0 Å². The molecule has 0 bridgehead atoms. The predicted molar refractivity (Wildman–Crippen MR) is 78.5 cm³/mol. The third kappa shape index (κ3) is 3.25. The fourth-order valence-corrected chi connectivity index (χ4v) is 3.73. The first-order valence-electron chi connectivity index (χ1n) is 7.95. The van der Waals surface area contributed by atoms with Crippen molar-refractivity contribution in [3.05, 3.63) is 0 Å². The molecule has 2 rings (SSSR count). The zero-order valence-electron chi connectivity index (χ0n) is 12.2. The molecule has 0 saturated heterocycles. The average Bonchev–Trinajstić information content (AvgIpc) is 3.14. The number of carbonyl (C=O) groups excluding carboxylic acids is 1. The molecule has 0 aromatic heterocycles. The van der Waals surface area contributed by atoms with Crippen LogP contribution in [0.2, 0.25) is 0 Å². The summed E-state index contributed by atoms with van der Waals surface area (Å²) in [6.45, 7) is 0.704. The van der Waals surface area contributed by atoms with Crippen molar-refractivity contribution in [2.45, 2.75) is 64.2 Å². The summed E-state index contributed by atoms with van der Waals surface area (Å²) in [5.74, 6) is 0.872. The normalized spacial score (nSPS) is 23.1. The first kappa shape index (κ1) is 15.1. The lowest BCUT2D eigenvalue weighted by molar-refractivity contribution is -0.127. The molecule has 0 aromatic rings. The van der Waals surface area contributed by atoms with E-state index in [9.17, 15) is 4.79 Å². The van der Waals surface area contributed by atoms with Gasteiger partial charge in [0.15, 0.2) is 5.84 Å². The summed E-state index contributed by atoms with van der Waals surface area (Å²) in [6, 6.07) is 0. The van der Waals surface area contributed by atoms with Crippen molar-refractivity contribution in [3.8, 4) is 0 Å². The van der Waals surface area contributed by atoms with Crippen molar-refractivity contribution < 1.29 is 10.0 Å². The van der Waals surface area contributed by atoms with Crippen LogP contribution < -0.4 is 11.1 Å². The summed E-state index contributed by atoms with van der Waals surface area (Å²) in [4.78, 5) is 12.4. The van der Waals surface area contributed by atoms with Crippen LogP contribution in [0.3, 0.4) is 0 Å². The van der Waals surface area contributed by atoms with Gasteiger partial charge in [-0.05, 0) is 31.6 Å². The number of amides is 1. The zero-order chi connectivity index (χ0) is 14.4. The number of nitrogens with two attached hydrogens (primary N) is 1. The van der Waals surface area contributed by atoms with E-state index >= 15 is 0 Å². The lowest BCUT2D eigenvalue weighted by Gasteiger charge is -2.26. The molecule has 5 heteroatoms. The minimum atomic E-state index is -0.762. The second kappa shape index (κ2) is 6.95. The summed E-state index contributed by atoms with van der Waals surface area (Å²) in [5.41, 5.74) is 5.00. The van der Waals surface area contributed by atoms with Gasteiger partial charge in [0.2, 0.25) is 5.91 Å². The van der Waals surface area contributed by atoms with Crippen molar-refractivity contribution in [2.24, 2.45) is 22.2 Å². The first-order valence-corrected chi connectivity index (χ1v) is 7.95. The summed E-state index contributed by atoms with van der Waals surface area (Å²) < 4.78 is 0.